The number of carbonyl (C=O) groups excluding carboxylic acids is 1. The molecule has 1 aliphatic rings. The minimum atomic E-state index is -3.64. The monoisotopic (exact) mass is 400 g/mol. The van der Waals surface area contributed by atoms with Crippen LogP contribution in [0.25, 0.3) is 0 Å². The molecule has 1 unspecified atom stereocenters. The fraction of sp³-hybridized carbons (Fsp3) is 0.632. The van der Waals surface area contributed by atoms with E-state index >= 15 is 0 Å². The molecule has 1 saturated heterocycles. The van der Waals surface area contributed by atoms with Crippen LogP contribution < -0.4 is 0 Å². The highest BCUT2D eigenvalue weighted by atomic mass is 32.2. The first-order valence-electron chi connectivity index (χ1n) is 9.41. The summed E-state index contributed by atoms with van der Waals surface area (Å²) in [5.74, 6) is -1.00. The first-order chi connectivity index (χ1) is 12.9. The van der Waals surface area contributed by atoms with Gasteiger partial charge in [0.25, 0.3) is 0 Å². The molecule has 1 heterocycles. The quantitative estimate of drug-likeness (QED) is 0.495. The Kier molecular flexibility index (Phi) is 8.19. The highest BCUT2D eigenvalue weighted by molar-refractivity contribution is 7.89. The van der Waals surface area contributed by atoms with Crippen LogP contribution in [0, 0.1) is 5.82 Å². The second-order valence-corrected chi connectivity index (χ2v) is 8.93. The number of carbonyl (C=O) groups is 1. The number of sulfonamides is 1. The number of esters is 1. The molecule has 1 aromatic rings. The molecule has 1 atom stereocenters. The average Bonchev–Trinajstić information content (AvgIpc) is 2.77. The lowest BCUT2D eigenvalue weighted by atomic mass is 10.1. The number of nitrogens with zero attached hydrogens (tertiary/aromatic N) is 2. The molecule has 1 aromatic carbocycles. The molecule has 0 bridgehead atoms. The SMILES string of the molecule is CCCCCCN1CCS(=O)(=O)N(Cc2ccc(F)cc2)C(C(=O)OC)C1. The van der Waals surface area contributed by atoms with Gasteiger partial charge in [-0.05, 0) is 30.7 Å². The van der Waals surface area contributed by atoms with Gasteiger partial charge in [-0.2, -0.15) is 4.31 Å². The van der Waals surface area contributed by atoms with Gasteiger partial charge in [0.2, 0.25) is 10.0 Å². The maximum atomic E-state index is 13.2. The van der Waals surface area contributed by atoms with Crippen molar-refractivity contribution in [2.24, 2.45) is 0 Å². The zero-order valence-corrected chi connectivity index (χ0v) is 16.9. The molecule has 152 valence electrons. The van der Waals surface area contributed by atoms with Crippen LogP contribution in [0.1, 0.15) is 38.2 Å². The first-order valence-corrected chi connectivity index (χ1v) is 11.0. The molecule has 0 aliphatic carbocycles. The van der Waals surface area contributed by atoms with E-state index in [0.29, 0.717) is 18.7 Å². The molecule has 1 aliphatic heterocycles. The third kappa shape index (κ3) is 6.26. The summed E-state index contributed by atoms with van der Waals surface area (Å²) in [6.45, 7) is 3.61. The highest BCUT2D eigenvalue weighted by Gasteiger charge is 2.39. The predicted molar refractivity (Wildman–Crippen MR) is 102 cm³/mol. The van der Waals surface area contributed by atoms with Crippen molar-refractivity contribution in [1.29, 1.82) is 0 Å². The lowest BCUT2D eigenvalue weighted by molar-refractivity contribution is -0.145. The molecule has 2 rings (SSSR count). The lowest BCUT2D eigenvalue weighted by Gasteiger charge is -2.28. The van der Waals surface area contributed by atoms with Gasteiger partial charge in [0, 0.05) is 19.6 Å². The van der Waals surface area contributed by atoms with Gasteiger partial charge in [-0.1, -0.05) is 38.3 Å². The van der Waals surface area contributed by atoms with Gasteiger partial charge in [-0.3, -0.25) is 4.79 Å². The number of ether oxygens (including phenoxy) is 1. The second kappa shape index (κ2) is 10.1. The predicted octanol–water partition coefficient (Wildman–Crippen LogP) is 2.40. The fourth-order valence-electron chi connectivity index (χ4n) is 3.25. The largest absolute Gasteiger partial charge is 0.468 e. The van der Waals surface area contributed by atoms with Crippen molar-refractivity contribution in [3.05, 3.63) is 35.6 Å². The van der Waals surface area contributed by atoms with Gasteiger partial charge in [0.05, 0.1) is 12.9 Å². The molecule has 1 fully saturated rings. The minimum absolute atomic E-state index is 0.0199. The average molecular weight is 401 g/mol. The summed E-state index contributed by atoms with van der Waals surface area (Å²) < 4.78 is 44.9. The molecule has 0 saturated carbocycles. The number of hydrogen-bond donors (Lipinski definition) is 0. The number of halogens is 1. The standard InChI is InChI=1S/C19H29FN2O4S/c1-3-4-5-6-11-21-12-13-27(24,25)22(18(15-21)19(23)26-2)14-16-7-9-17(20)10-8-16/h7-10,18H,3-6,11-15H2,1-2H3. The van der Waals surface area contributed by atoms with Crippen LogP contribution in [0.15, 0.2) is 24.3 Å². The smallest absolute Gasteiger partial charge is 0.325 e. The fourth-order valence-corrected chi connectivity index (χ4v) is 4.86. The van der Waals surface area contributed by atoms with Gasteiger partial charge in [-0.25, -0.2) is 12.8 Å². The molecule has 0 amide bonds. The van der Waals surface area contributed by atoms with E-state index in [1.54, 1.807) is 0 Å². The highest BCUT2D eigenvalue weighted by Crippen LogP contribution is 2.20. The first kappa shape index (κ1) is 21.8. The van der Waals surface area contributed by atoms with Gasteiger partial charge < -0.3 is 9.64 Å². The Balaban J connectivity index is 2.20. The zero-order valence-electron chi connectivity index (χ0n) is 16.1. The van der Waals surface area contributed by atoms with Crippen LogP contribution in [0.4, 0.5) is 4.39 Å². The summed E-state index contributed by atoms with van der Waals surface area (Å²) in [7, 11) is -2.38. The Bertz CT molecular complexity index is 709. The summed E-state index contributed by atoms with van der Waals surface area (Å²) >= 11 is 0. The van der Waals surface area contributed by atoms with Gasteiger partial charge in [-0.15, -0.1) is 0 Å². The van der Waals surface area contributed by atoms with E-state index in [1.807, 2.05) is 4.90 Å². The maximum Gasteiger partial charge on any atom is 0.325 e. The Morgan fingerprint density at radius 3 is 2.56 bits per heavy atom. The van der Waals surface area contributed by atoms with E-state index in [2.05, 4.69) is 6.92 Å². The molecule has 27 heavy (non-hydrogen) atoms. The van der Waals surface area contributed by atoms with Crippen LogP contribution in [0.2, 0.25) is 0 Å². The van der Waals surface area contributed by atoms with Crippen molar-refractivity contribution < 1.29 is 22.3 Å². The molecule has 0 radical (unpaired) electrons. The van der Waals surface area contributed by atoms with Gasteiger partial charge >= 0.3 is 5.97 Å². The molecule has 6 nitrogen and oxygen atoms in total. The Morgan fingerprint density at radius 2 is 1.93 bits per heavy atom. The Morgan fingerprint density at radius 1 is 1.22 bits per heavy atom. The maximum absolute atomic E-state index is 13.2. The van der Waals surface area contributed by atoms with E-state index in [4.69, 9.17) is 4.74 Å². The lowest BCUT2D eigenvalue weighted by Crippen LogP contribution is -2.48. The van der Waals surface area contributed by atoms with Crippen molar-refractivity contribution in [1.82, 2.24) is 9.21 Å². The normalized spacial score (nSPS) is 20.9. The van der Waals surface area contributed by atoms with E-state index in [-0.39, 0.29) is 18.1 Å². The van der Waals surface area contributed by atoms with Gasteiger partial charge in [0.1, 0.15) is 11.9 Å². The summed E-state index contributed by atoms with van der Waals surface area (Å²) in [6.07, 6.45) is 4.33. The Hall–Kier alpha value is -1.51. The number of unbranched alkanes of at least 4 members (excludes halogenated alkanes) is 3. The molecule has 0 spiro atoms. The van der Waals surface area contributed by atoms with E-state index in [1.165, 1.54) is 35.7 Å². The molecule has 8 heteroatoms. The van der Waals surface area contributed by atoms with E-state index < -0.39 is 22.0 Å². The van der Waals surface area contributed by atoms with Crippen LogP contribution in [-0.4, -0.2) is 62.1 Å². The molecule has 0 aromatic heterocycles. The van der Waals surface area contributed by atoms with Crippen LogP contribution in [-0.2, 0) is 26.1 Å². The molecular weight excluding hydrogens is 371 g/mol. The van der Waals surface area contributed by atoms with Crippen LogP contribution in [0.5, 0.6) is 0 Å². The van der Waals surface area contributed by atoms with Crippen molar-refractivity contribution in [2.45, 2.75) is 45.2 Å². The second-order valence-electron chi connectivity index (χ2n) is 6.89. The van der Waals surface area contributed by atoms with Crippen molar-refractivity contribution in [3.8, 4) is 0 Å². The zero-order chi connectivity index (χ0) is 19.9. The molecular formula is C19H29FN2O4S. The number of hydrogen-bond acceptors (Lipinski definition) is 5. The third-order valence-electron chi connectivity index (χ3n) is 4.85. The number of methoxy groups -OCH3 is 1. The third-order valence-corrected chi connectivity index (χ3v) is 6.65. The van der Waals surface area contributed by atoms with Crippen molar-refractivity contribution in [2.75, 3.05) is 32.5 Å². The summed E-state index contributed by atoms with van der Waals surface area (Å²) in [5, 5.41) is 0. The molecule has 0 N–H and O–H groups in total. The summed E-state index contributed by atoms with van der Waals surface area (Å²) in [6, 6.07) is 4.73. The van der Waals surface area contributed by atoms with E-state index in [0.717, 1.165) is 32.2 Å². The minimum Gasteiger partial charge on any atom is -0.468 e. The number of benzene rings is 1. The summed E-state index contributed by atoms with van der Waals surface area (Å²) in [5.41, 5.74) is 0.630. The van der Waals surface area contributed by atoms with Crippen molar-refractivity contribution >= 4 is 16.0 Å². The summed E-state index contributed by atoms with van der Waals surface area (Å²) in [4.78, 5) is 14.4. The van der Waals surface area contributed by atoms with Crippen molar-refractivity contribution in [3.63, 3.8) is 0 Å². The topological polar surface area (TPSA) is 66.9 Å². The van der Waals surface area contributed by atoms with E-state index in [9.17, 15) is 17.6 Å². The van der Waals surface area contributed by atoms with Crippen LogP contribution >= 0.6 is 0 Å². The Labute approximate surface area is 161 Å². The van der Waals surface area contributed by atoms with Gasteiger partial charge in [0.15, 0.2) is 0 Å². The number of rotatable bonds is 8. The van der Waals surface area contributed by atoms with Crippen LogP contribution in [0.3, 0.4) is 0 Å².